The SMILES string of the molecule is CN1CCC(c2nc(C(=O)Cc3cc4cc(-c5cnn(C)c5)ncc4cn3)co2)CC1. The van der Waals surface area contributed by atoms with Gasteiger partial charge in [-0.25, -0.2) is 4.98 Å². The van der Waals surface area contributed by atoms with Gasteiger partial charge < -0.3 is 9.32 Å². The molecule has 0 spiro atoms. The summed E-state index contributed by atoms with van der Waals surface area (Å²) >= 11 is 0. The second kappa shape index (κ2) is 8.03. The molecular formula is C23H24N6O2. The minimum atomic E-state index is -0.0867. The van der Waals surface area contributed by atoms with E-state index < -0.39 is 0 Å². The molecule has 1 fully saturated rings. The Balaban J connectivity index is 1.33. The second-order valence-corrected chi connectivity index (χ2v) is 8.24. The molecule has 31 heavy (non-hydrogen) atoms. The largest absolute Gasteiger partial charge is 0.448 e. The average molecular weight is 416 g/mol. The summed E-state index contributed by atoms with van der Waals surface area (Å²) in [4.78, 5) is 28.5. The van der Waals surface area contributed by atoms with Crippen molar-refractivity contribution in [1.82, 2.24) is 29.6 Å². The van der Waals surface area contributed by atoms with Crippen LogP contribution in [0, 0.1) is 0 Å². The molecule has 8 nitrogen and oxygen atoms in total. The van der Waals surface area contributed by atoms with Gasteiger partial charge in [0.15, 0.2) is 11.7 Å². The fourth-order valence-electron chi connectivity index (χ4n) is 4.01. The summed E-state index contributed by atoms with van der Waals surface area (Å²) < 4.78 is 7.39. The van der Waals surface area contributed by atoms with Crippen LogP contribution in [0.5, 0.6) is 0 Å². The normalized spacial score (nSPS) is 15.5. The predicted molar refractivity (Wildman–Crippen MR) is 116 cm³/mol. The number of aromatic nitrogens is 5. The molecule has 0 N–H and O–H groups in total. The number of hydrogen-bond donors (Lipinski definition) is 0. The van der Waals surface area contributed by atoms with Gasteiger partial charge in [-0.2, -0.15) is 5.10 Å². The summed E-state index contributed by atoms with van der Waals surface area (Å²) in [7, 11) is 3.99. The van der Waals surface area contributed by atoms with E-state index in [9.17, 15) is 4.79 Å². The summed E-state index contributed by atoms with van der Waals surface area (Å²) in [5, 5.41) is 6.12. The molecule has 4 aromatic rings. The highest BCUT2D eigenvalue weighted by Gasteiger charge is 2.24. The maximum Gasteiger partial charge on any atom is 0.197 e. The first kappa shape index (κ1) is 19.6. The molecule has 0 unspecified atom stereocenters. The highest BCUT2D eigenvalue weighted by atomic mass is 16.3. The standard InChI is InChI=1S/C23H24N6O2/c1-28-5-3-15(4-6-28)23-27-21(14-31-23)22(30)9-19-7-16-8-20(18-12-26-29(2)13-18)25-11-17(16)10-24-19/h7-8,10-15H,3-6,9H2,1-2H3. The first-order valence-electron chi connectivity index (χ1n) is 10.5. The van der Waals surface area contributed by atoms with Gasteiger partial charge in [-0.05, 0) is 50.5 Å². The number of Topliss-reactive ketones (excluding diaryl/α,β-unsaturated/α-hetero) is 1. The van der Waals surface area contributed by atoms with Crippen molar-refractivity contribution < 1.29 is 9.21 Å². The molecule has 0 saturated carbocycles. The van der Waals surface area contributed by atoms with Gasteiger partial charge >= 0.3 is 0 Å². The molecule has 1 aliphatic heterocycles. The number of nitrogens with zero attached hydrogens (tertiary/aromatic N) is 6. The van der Waals surface area contributed by atoms with Crippen LogP contribution >= 0.6 is 0 Å². The van der Waals surface area contributed by atoms with E-state index in [0.29, 0.717) is 17.3 Å². The van der Waals surface area contributed by atoms with E-state index >= 15 is 0 Å². The number of carbonyl (C=O) groups is 1. The smallest absolute Gasteiger partial charge is 0.197 e. The van der Waals surface area contributed by atoms with Gasteiger partial charge in [0.25, 0.3) is 0 Å². The van der Waals surface area contributed by atoms with Gasteiger partial charge in [0, 0.05) is 48.2 Å². The molecule has 0 aliphatic carbocycles. The van der Waals surface area contributed by atoms with E-state index in [1.807, 2.05) is 25.4 Å². The maximum atomic E-state index is 12.8. The van der Waals surface area contributed by atoms with Crippen molar-refractivity contribution in [2.75, 3.05) is 20.1 Å². The molecule has 5 heterocycles. The number of oxazole rings is 1. The summed E-state index contributed by atoms with van der Waals surface area (Å²) in [6.07, 6.45) is 10.9. The first-order chi connectivity index (χ1) is 15.0. The van der Waals surface area contributed by atoms with Crippen LogP contribution in [0.1, 0.15) is 40.8 Å². The Morgan fingerprint density at radius 3 is 2.68 bits per heavy atom. The van der Waals surface area contributed by atoms with Crippen molar-refractivity contribution >= 4 is 16.6 Å². The lowest BCUT2D eigenvalue weighted by atomic mass is 9.97. The van der Waals surface area contributed by atoms with E-state index in [-0.39, 0.29) is 18.1 Å². The molecule has 8 heteroatoms. The van der Waals surface area contributed by atoms with Crippen LogP contribution in [0.3, 0.4) is 0 Å². The number of likely N-dealkylation sites (tertiary alicyclic amines) is 1. The van der Waals surface area contributed by atoms with Crippen LogP contribution in [-0.4, -0.2) is 55.6 Å². The van der Waals surface area contributed by atoms with Crippen LogP contribution in [0.4, 0.5) is 0 Å². The minimum Gasteiger partial charge on any atom is -0.448 e. The maximum absolute atomic E-state index is 12.8. The number of ketones is 1. The third kappa shape index (κ3) is 4.11. The molecule has 4 aromatic heterocycles. The zero-order valence-electron chi connectivity index (χ0n) is 17.7. The van der Waals surface area contributed by atoms with Crippen molar-refractivity contribution in [3.05, 3.63) is 60.5 Å². The third-order valence-corrected chi connectivity index (χ3v) is 5.88. The third-order valence-electron chi connectivity index (χ3n) is 5.88. The Labute approximate surface area is 179 Å². The summed E-state index contributed by atoms with van der Waals surface area (Å²) in [6.45, 7) is 2.04. The molecule has 5 rings (SSSR count). The molecular weight excluding hydrogens is 392 g/mol. The Hall–Kier alpha value is -3.39. The number of piperidine rings is 1. The van der Waals surface area contributed by atoms with Crippen molar-refractivity contribution in [1.29, 1.82) is 0 Å². The van der Waals surface area contributed by atoms with Gasteiger partial charge in [-0.3, -0.25) is 19.4 Å². The van der Waals surface area contributed by atoms with E-state index in [2.05, 4.69) is 32.0 Å². The Morgan fingerprint density at radius 2 is 1.90 bits per heavy atom. The Bertz CT molecular complexity index is 1240. The number of hydrogen-bond acceptors (Lipinski definition) is 7. The van der Waals surface area contributed by atoms with Crippen molar-refractivity contribution in [2.24, 2.45) is 7.05 Å². The fraction of sp³-hybridized carbons (Fsp3) is 0.348. The molecule has 1 aliphatic rings. The average Bonchev–Trinajstić information content (AvgIpc) is 3.43. The highest BCUT2D eigenvalue weighted by molar-refractivity contribution is 5.96. The van der Waals surface area contributed by atoms with E-state index in [4.69, 9.17) is 4.42 Å². The Kier molecular flexibility index (Phi) is 5.07. The lowest BCUT2D eigenvalue weighted by Crippen LogP contribution is -2.29. The number of pyridine rings is 2. The topological polar surface area (TPSA) is 89.9 Å². The number of aryl methyl sites for hydroxylation is 1. The quantitative estimate of drug-likeness (QED) is 0.461. The van der Waals surface area contributed by atoms with Gasteiger partial charge in [0.1, 0.15) is 12.0 Å². The van der Waals surface area contributed by atoms with E-state index in [0.717, 1.165) is 48.0 Å². The lowest BCUT2D eigenvalue weighted by Gasteiger charge is -2.26. The van der Waals surface area contributed by atoms with Gasteiger partial charge in [0.2, 0.25) is 0 Å². The molecule has 0 radical (unpaired) electrons. The lowest BCUT2D eigenvalue weighted by molar-refractivity contribution is 0.0987. The highest BCUT2D eigenvalue weighted by Crippen LogP contribution is 2.27. The van der Waals surface area contributed by atoms with Gasteiger partial charge in [-0.1, -0.05) is 0 Å². The first-order valence-corrected chi connectivity index (χ1v) is 10.5. The van der Waals surface area contributed by atoms with Crippen LogP contribution in [0.15, 0.2) is 47.6 Å². The Morgan fingerprint density at radius 1 is 1.10 bits per heavy atom. The summed E-state index contributed by atoms with van der Waals surface area (Å²) in [5.74, 6) is 0.876. The molecule has 0 bridgehead atoms. The molecule has 158 valence electrons. The van der Waals surface area contributed by atoms with Crippen molar-refractivity contribution in [2.45, 2.75) is 25.2 Å². The van der Waals surface area contributed by atoms with Crippen molar-refractivity contribution in [3.8, 4) is 11.3 Å². The number of carbonyl (C=O) groups excluding carboxylic acids is 1. The molecule has 0 atom stereocenters. The van der Waals surface area contributed by atoms with E-state index in [1.165, 1.54) is 6.26 Å². The number of fused-ring (bicyclic) bond motifs is 1. The minimum absolute atomic E-state index is 0.0867. The van der Waals surface area contributed by atoms with Gasteiger partial charge in [0.05, 0.1) is 18.3 Å². The summed E-state index contributed by atoms with van der Waals surface area (Å²) in [6, 6.07) is 3.93. The number of rotatable bonds is 5. The molecule has 0 amide bonds. The fourth-order valence-corrected chi connectivity index (χ4v) is 4.01. The van der Waals surface area contributed by atoms with Crippen LogP contribution in [0.25, 0.3) is 22.0 Å². The van der Waals surface area contributed by atoms with Crippen molar-refractivity contribution in [3.63, 3.8) is 0 Å². The zero-order chi connectivity index (χ0) is 21.4. The molecule has 1 saturated heterocycles. The monoisotopic (exact) mass is 416 g/mol. The second-order valence-electron chi connectivity index (χ2n) is 8.24. The molecule has 0 aromatic carbocycles. The van der Waals surface area contributed by atoms with Crippen LogP contribution < -0.4 is 0 Å². The van der Waals surface area contributed by atoms with Gasteiger partial charge in [-0.15, -0.1) is 0 Å². The van der Waals surface area contributed by atoms with Crippen LogP contribution in [-0.2, 0) is 13.5 Å². The summed E-state index contributed by atoms with van der Waals surface area (Å²) in [5.41, 5.74) is 2.86. The van der Waals surface area contributed by atoms with E-state index in [1.54, 1.807) is 23.3 Å². The predicted octanol–water partition coefficient (Wildman–Crippen LogP) is 3.25. The van der Waals surface area contributed by atoms with Crippen LogP contribution in [0.2, 0.25) is 0 Å². The zero-order valence-corrected chi connectivity index (χ0v) is 17.7.